The Morgan fingerprint density at radius 2 is 1.18 bits per heavy atom. The predicted octanol–water partition coefficient (Wildman–Crippen LogP) is 5.15. The normalized spacial score (nSPS) is 22.7. The summed E-state index contributed by atoms with van der Waals surface area (Å²) in [5.41, 5.74) is 5.55. The monoisotopic (exact) mass is 936 g/mol. The Hall–Kier alpha value is -5.78. The lowest BCUT2D eigenvalue weighted by molar-refractivity contribution is -0.152. The number of hydrogen-bond acceptors (Lipinski definition) is 11. The van der Waals surface area contributed by atoms with E-state index >= 15 is 0 Å². The average molecular weight is 936 g/mol. The maximum Gasteiger partial charge on any atom is 0.410 e. The van der Waals surface area contributed by atoms with Crippen molar-refractivity contribution in [1.82, 2.24) is 34.8 Å². The van der Waals surface area contributed by atoms with Gasteiger partial charge in [-0.1, -0.05) is 52.0 Å². The number of carbonyl (C=O) groups excluding carboxylic acids is 4. The lowest BCUT2D eigenvalue weighted by Gasteiger charge is -2.45. The minimum Gasteiger partial charge on any atom is -0.465 e. The number of rotatable bonds is 9. The van der Waals surface area contributed by atoms with Gasteiger partial charge < -0.3 is 50.0 Å². The van der Waals surface area contributed by atoms with Crippen LogP contribution >= 0.6 is 0 Å². The SMILES string of the molecule is CC(C)C(=O)N1CC(c2ccc(N3CCN(C)CC3)cc2)N(C(=O)C(=O)Nc2cnc(NC(=O)O)c(C3CC3)c2)CC1C.CC(C)C(=O)N1CC(c2ccc(N3CCN(C)CC3)cc2)NCC1C. The van der Waals surface area contributed by atoms with Gasteiger partial charge in [-0.25, -0.2) is 9.78 Å². The van der Waals surface area contributed by atoms with Gasteiger partial charge in [0.2, 0.25) is 11.8 Å². The van der Waals surface area contributed by atoms with Crippen molar-refractivity contribution < 1.29 is 29.1 Å². The number of pyridine rings is 1. The van der Waals surface area contributed by atoms with Crippen LogP contribution in [0.4, 0.5) is 27.7 Å². The Morgan fingerprint density at radius 1 is 0.662 bits per heavy atom. The topological polar surface area (TPSA) is 177 Å². The van der Waals surface area contributed by atoms with E-state index in [1.165, 1.54) is 17.4 Å². The van der Waals surface area contributed by atoms with Crippen LogP contribution in [-0.4, -0.2) is 169 Å². The number of piperazine rings is 4. The molecule has 0 radical (unpaired) electrons. The van der Waals surface area contributed by atoms with Crippen LogP contribution in [0.25, 0.3) is 0 Å². The largest absolute Gasteiger partial charge is 0.465 e. The van der Waals surface area contributed by atoms with E-state index in [0.29, 0.717) is 11.3 Å². The zero-order chi connectivity index (χ0) is 48.8. The van der Waals surface area contributed by atoms with Crippen LogP contribution in [0.1, 0.15) is 89.1 Å². The Morgan fingerprint density at radius 3 is 1.68 bits per heavy atom. The van der Waals surface area contributed by atoms with Crippen molar-refractivity contribution in [2.45, 2.75) is 84.5 Å². The molecule has 5 fully saturated rings. The van der Waals surface area contributed by atoms with Crippen molar-refractivity contribution in [2.75, 3.05) is 113 Å². The maximum atomic E-state index is 13.7. The summed E-state index contributed by atoms with van der Waals surface area (Å²) in [4.78, 5) is 82.8. The summed E-state index contributed by atoms with van der Waals surface area (Å²) >= 11 is 0. The average Bonchev–Trinajstić information content (AvgIpc) is 4.18. The molecule has 4 saturated heterocycles. The molecule has 17 heteroatoms. The first-order chi connectivity index (χ1) is 32.5. The predicted molar refractivity (Wildman–Crippen MR) is 266 cm³/mol. The highest BCUT2D eigenvalue weighted by Crippen LogP contribution is 2.43. The molecule has 3 aromatic rings. The number of amides is 5. The molecule has 1 aliphatic carbocycles. The van der Waals surface area contributed by atoms with Crippen molar-refractivity contribution in [1.29, 1.82) is 0 Å². The molecule has 1 saturated carbocycles. The van der Waals surface area contributed by atoms with Gasteiger partial charge in [0.15, 0.2) is 0 Å². The fourth-order valence-corrected chi connectivity index (χ4v) is 9.58. The number of aromatic nitrogens is 1. The van der Waals surface area contributed by atoms with Gasteiger partial charge in [0, 0.05) is 125 Å². The van der Waals surface area contributed by atoms with Crippen molar-refractivity contribution in [2.24, 2.45) is 11.8 Å². The number of carbonyl (C=O) groups is 5. The summed E-state index contributed by atoms with van der Waals surface area (Å²) in [6.45, 7) is 22.1. The quantitative estimate of drug-likeness (QED) is 0.208. The summed E-state index contributed by atoms with van der Waals surface area (Å²) in [7, 11) is 4.30. The third-order valence-electron chi connectivity index (χ3n) is 14.0. The van der Waals surface area contributed by atoms with E-state index < -0.39 is 23.9 Å². The van der Waals surface area contributed by atoms with E-state index in [-0.39, 0.29) is 66.6 Å². The number of nitrogens with one attached hydrogen (secondary N) is 3. The van der Waals surface area contributed by atoms with E-state index in [2.05, 4.69) is 85.8 Å². The highest BCUT2D eigenvalue weighted by atomic mass is 16.4. The van der Waals surface area contributed by atoms with Crippen molar-refractivity contribution >= 4 is 52.6 Å². The smallest absolute Gasteiger partial charge is 0.410 e. The minimum absolute atomic E-state index is 0.0110. The number of likely N-dealkylation sites (N-methyl/N-ethyl adjacent to an activating group) is 2. The van der Waals surface area contributed by atoms with Gasteiger partial charge in [-0.15, -0.1) is 0 Å². The highest BCUT2D eigenvalue weighted by molar-refractivity contribution is 6.39. The van der Waals surface area contributed by atoms with Crippen LogP contribution in [0.5, 0.6) is 0 Å². The molecule has 2 aromatic carbocycles. The molecule has 4 aliphatic heterocycles. The van der Waals surface area contributed by atoms with E-state index in [9.17, 15) is 24.0 Å². The second kappa shape index (κ2) is 22.1. The highest BCUT2D eigenvalue weighted by Gasteiger charge is 2.40. The molecule has 4 atom stereocenters. The Labute approximate surface area is 402 Å². The third kappa shape index (κ3) is 12.3. The molecule has 68 heavy (non-hydrogen) atoms. The zero-order valence-corrected chi connectivity index (χ0v) is 41.3. The number of hydrogen-bond donors (Lipinski definition) is 4. The third-order valence-corrected chi connectivity index (χ3v) is 14.0. The van der Waals surface area contributed by atoms with E-state index in [4.69, 9.17) is 5.11 Å². The first-order valence-corrected chi connectivity index (χ1v) is 24.5. The molecule has 8 rings (SSSR count). The molecule has 0 spiro atoms. The van der Waals surface area contributed by atoms with Gasteiger partial charge in [-0.3, -0.25) is 24.5 Å². The van der Waals surface area contributed by atoms with Crippen LogP contribution in [0.3, 0.4) is 0 Å². The van der Waals surface area contributed by atoms with Gasteiger partial charge >= 0.3 is 17.9 Å². The zero-order valence-electron chi connectivity index (χ0n) is 41.3. The number of nitrogens with zero attached hydrogens (tertiary/aromatic N) is 8. The molecule has 0 bridgehead atoms. The molecular formula is C51H73N11O6. The van der Waals surface area contributed by atoms with Crippen LogP contribution in [-0.2, 0) is 19.2 Å². The fourth-order valence-electron chi connectivity index (χ4n) is 9.58. The first-order valence-electron chi connectivity index (χ1n) is 24.5. The summed E-state index contributed by atoms with van der Waals surface area (Å²) < 4.78 is 0. The Bertz CT molecular complexity index is 2240. The van der Waals surface area contributed by atoms with Gasteiger partial charge in [-0.05, 0) is 88.2 Å². The standard InChI is InChI=1S/C31H41N7O5.C20H32N4O/c1-19(2)29(40)37-18-26(22-7-9-24(10-8-22)36-13-11-35(4)12-14-36)38(17-20(37)3)30(41)28(39)33-23-15-25(21-5-6-21)27(32-16-23)34-31(42)43;1-15(2)20(25)24-14-19(21-13-16(24)3)17-5-7-18(8-6-17)23-11-9-22(4)10-12-23/h7-10,15-16,19-21,26H,5-6,11-14,17-18H2,1-4H3,(H,32,34)(H,33,39)(H,42,43);5-8,15-16,19,21H,9-14H2,1-4H3. The Balaban J connectivity index is 0.000000232. The summed E-state index contributed by atoms with van der Waals surface area (Å²) in [5, 5.41) is 17.7. The van der Waals surface area contributed by atoms with Gasteiger partial charge in [0.25, 0.3) is 0 Å². The minimum atomic E-state index is -1.21. The van der Waals surface area contributed by atoms with E-state index in [1.54, 1.807) is 11.0 Å². The number of carboxylic acid groups (broad SMARTS) is 1. The number of anilines is 4. The van der Waals surface area contributed by atoms with Crippen molar-refractivity contribution in [3.63, 3.8) is 0 Å². The lowest BCUT2D eigenvalue weighted by Crippen LogP contribution is -2.59. The number of benzene rings is 2. The van der Waals surface area contributed by atoms with Crippen LogP contribution in [0, 0.1) is 11.8 Å². The van der Waals surface area contributed by atoms with Gasteiger partial charge in [-0.2, -0.15) is 0 Å². The van der Waals surface area contributed by atoms with Crippen molar-refractivity contribution in [3.8, 4) is 0 Å². The Kier molecular flexibility index (Phi) is 16.3. The summed E-state index contributed by atoms with van der Waals surface area (Å²) in [6, 6.07) is 18.4. The molecular weight excluding hydrogens is 863 g/mol. The second-order valence-corrected chi connectivity index (χ2v) is 20.0. The molecule has 5 amide bonds. The van der Waals surface area contributed by atoms with Crippen molar-refractivity contribution in [3.05, 3.63) is 77.5 Å². The molecule has 368 valence electrons. The fraction of sp³-hybridized carbons (Fsp3) is 0.569. The van der Waals surface area contributed by atoms with Crippen LogP contribution in [0.2, 0.25) is 0 Å². The molecule has 5 aliphatic rings. The summed E-state index contributed by atoms with van der Waals surface area (Å²) in [6.07, 6.45) is 1.93. The second-order valence-electron chi connectivity index (χ2n) is 20.0. The van der Waals surface area contributed by atoms with E-state index in [1.807, 2.05) is 68.7 Å². The van der Waals surface area contributed by atoms with Gasteiger partial charge in [0.05, 0.1) is 17.9 Å². The molecule has 17 nitrogen and oxygen atoms in total. The van der Waals surface area contributed by atoms with Gasteiger partial charge in [0.1, 0.15) is 5.82 Å². The maximum absolute atomic E-state index is 13.7. The molecule has 5 heterocycles. The van der Waals surface area contributed by atoms with E-state index in [0.717, 1.165) is 89.5 Å². The molecule has 4 N–H and O–H groups in total. The molecule has 1 aromatic heterocycles. The first kappa shape index (κ1) is 50.1. The summed E-state index contributed by atoms with van der Waals surface area (Å²) in [5.74, 6) is -0.979. The van der Waals surface area contributed by atoms with Crippen LogP contribution in [0.15, 0.2) is 60.8 Å². The lowest BCUT2D eigenvalue weighted by atomic mass is 9.97. The molecule has 4 unspecified atom stereocenters. The van der Waals surface area contributed by atoms with Crippen LogP contribution < -0.4 is 25.8 Å².